The molecule has 1 N–H and O–H groups in total. The number of Topliss-reactive ketones (excluding diaryl/α,β-unsaturated/α-hetero) is 1. The van der Waals surface area contributed by atoms with Crippen molar-refractivity contribution >= 4 is 29.0 Å². The summed E-state index contributed by atoms with van der Waals surface area (Å²) in [7, 11) is 0. The number of halogens is 2. The van der Waals surface area contributed by atoms with Gasteiger partial charge < -0.3 is 10.2 Å². The van der Waals surface area contributed by atoms with Gasteiger partial charge in [-0.05, 0) is 57.2 Å². The molecule has 0 unspecified atom stereocenters. The number of hydrogen-bond donors (Lipinski definition) is 1. The van der Waals surface area contributed by atoms with E-state index in [1.54, 1.807) is 38.1 Å². The minimum absolute atomic E-state index is 0.0843. The third-order valence-corrected chi connectivity index (χ3v) is 5.45. The Balaban J connectivity index is 1.72. The average Bonchev–Trinajstić information content (AvgIpc) is 2.83. The fourth-order valence-corrected chi connectivity index (χ4v) is 3.84. The molecule has 1 aliphatic rings. The molecule has 7 nitrogen and oxygen atoms in total. The number of benzene rings is 1. The van der Waals surface area contributed by atoms with Crippen LogP contribution in [0.5, 0.6) is 0 Å². The lowest BCUT2D eigenvalue weighted by Gasteiger charge is -2.24. The van der Waals surface area contributed by atoms with Gasteiger partial charge in [0, 0.05) is 22.5 Å². The Hall–Kier alpha value is -4.01. The number of pyridine rings is 2. The number of anilines is 2. The second-order valence-corrected chi connectivity index (χ2v) is 7.86. The summed E-state index contributed by atoms with van der Waals surface area (Å²) in [5.74, 6) is -3.54. The molecule has 9 heteroatoms. The lowest BCUT2D eigenvalue weighted by molar-refractivity contribution is -0.122. The van der Waals surface area contributed by atoms with Crippen LogP contribution in [0.15, 0.2) is 42.6 Å². The predicted molar refractivity (Wildman–Crippen MR) is 118 cm³/mol. The first kappa shape index (κ1) is 22.2. The molecule has 2 amide bonds. The minimum Gasteiger partial charge on any atom is -0.325 e. The second kappa shape index (κ2) is 8.50. The predicted octanol–water partition coefficient (Wildman–Crippen LogP) is 4.02. The first-order valence-electron chi connectivity index (χ1n) is 10.2. The van der Waals surface area contributed by atoms with E-state index < -0.39 is 36.0 Å². The Morgan fingerprint density at radius 3 is 2.52 bits per heavy atom. The smallest absolute Gasteiger partial charge is 0.244 e. The Labute approximate surface area is 188 Å². The van der Waals surface area contributed by atoms with Crippen molar-refractivity contribution in [2.45, 2.75) is 26.7 Å². The zero-order valence-corrected chi connectivity index (χ0v) is 18.1. The summed E-state index contributed by atoms with van der Waals surface area (Å²) in [6.07, 6.45) is 0.967. The van der Waals surface area contributed by atoms with Crippen LogP contribution < -0.4 is 10.2 Å². The fourth-order valence-electron chi connectivity index (χ4n) is 3.84. The maximum Gasteiger partial charge on any atom is 0.244 e. The van der Waals surface area contributed by atoms with Crippen LogP contribution in [0.2, 0.25) is 0 Å². The van der Waals surface area contributed by atoms with Crippen molar-refractivity contribution in [2.75, 3.05) is 16.8 Å². The maximum atomic E-state index is 15.0. The lowest BCUT2D eigenvalue weighted by Crippen LogP contribution is -2.40. The SMILES string of the molecule is CC(=O)c1ccc(NC(=O)CN2C(=O)[C@H](C)c3ncc(F)cc3-c3c2cc(C)nc3F)cc1. The lowest BCUT2D eigenvalue weighted by atomic mass is 9.98. The molecule has 3 aromatic rings. The van der Waals surface area contributed by atoms with Crippen LogP contribution in [0.1, 0.15) is 41.5 Å². The van der Waals surface area contributed by atoms with Crippen LogP contribution in [0, 0.1) is 18.7 Å². The molecule has 0 spiro atoms. The van der Waals surface area contributed by atoms with E-state index >= 15 is 4.39 Å². The standard InChI is InChI=1S/C24H20F2N4O3/c1-12-8-19-21(23(26)28-12)18-9-16(25)10-27-22(18)13(2)24(33)30(19)11-20(32)29-17-6-4-15(5-7-17)14(3)31/h4-10,13H,11H2,1-3H3,(H,29,32)/t13-/m1/s1. The number of hydrogen-bond acceptors (Lipinski definition) is 5. The van der Waals surface area contributed by atoms with E-state index in [1.165, 1.54) is 13.0 Å². The number of ketones is 1. The monoisotopic (exact) mass is 450 g/mol. The number of carbonyl (C=O) groups is 3. The van der Waals surface area contributed by atoms with Crippen LogP contribution in [0.4, 0.5) is 20.2 Å². The van der Waals surface area contributed by atoms with Crippen LogP contribution in [0.25, 0.3) is 11.1 Å². The first-order chi connectivity index (χ1) is 15.7. The number of rotatable bonds is 4. The van der Waals surface area contributed by atoms with E-state index in [1.807, 2.05) is 0 Å². The summed E-state index contributed by atoms with van der Waals surface area (Å²) in [4.78, 5) is 46.6. The first-order valence-corrected chi connectivity index (χ1v) is 10.2. The molecule has 3 heterocycles. The molecule has 0 saturated carbocycles. The summed E-state index contributed by atoms with van der Waals surface area (Å²) < 4.78 is 29.0. The Kier molecular flexibility index (Phi) is 5.71. The molecular formula is C24H20F2N4O3. The number of fused-ring (bicyclic) bond motifs is 3. The molecule has 1 aromatic carbocycles. The van der Waals surface area contributed by atoms with E-state index in [9.17, 15) is 18.8 Å². The van der Waals surface area contributed by atoms with Gasteiger partial charge in [-0.25, -0.2) is 9.37 Å². The third kappa shape index (κ3) is 4.21. The second-order valence-electron chi connectivity index (χ2n) is 7.86. The van der Waals surface area contributed by atoms with Gasteiger partial charge in [-0.15, -0.1) is 0 Å². The number of aromatic nitrogens is 2. The van der Waals surface area contributed by atoms with Gasteiger partial charge in [-0.2, -0.15) is 4.39 Å². The van der Waals surface area contributed by atoms with Gasteiger partial charge in [0.25, 0.3) is 0 Å². The molecule has 4 rings (SSSR count). The molecule has 0 fully saturated rings. The quantitative estimate of drug-likeness (QED) is 0.479. The van der Waals surface area contributed by atoms with Crippen molar-refractivity contribution in [3.63, 3.8) is 0 Å². The van der Waals surface area contributed by atoms with Gasteiger partial charge in [0.2, 0.25) is 17.8 Å². The van der Waals surface area contributed by atoms with Gasteiger partial charge in [0.1, 0.15) is 12.4 Å². The molecule has 0 bridgehead atoms. The molecule has 33 heavy (non-hydrogen) atoms. The summed E-state index contributed by atoms with van der Waals surface area (Å²) in [6, 6.07) is 8.90. The van der Waals surface area contributed by atoms with Crippen molar-refractivity contribution in [1.82, 2.24) is 9.97 Å². The highest BCUT2D eigenvalue weighted by Gasteiger charge is 2.36. The van der Waals surface area contributed by atoms with Gasteiger partial charge in [-0.3, -0.25) is 19.4 Å². The molecule has 0 aliphatic carbocycles. The normalized spacial score (nSPS) is 14.9. The van der Waals surface area contributed by atoms with Crippen LogP contribution >= 0.6 is 0 Å². The minimum atomic E-state index is -0.884. The molecule has 1 atom stereocenters. The zero-order valence-electron chi connectivity index (χ0n) is 18.1. The van der Waals surface area contributed by atoms with E-state index in [0.717, 1.165) is 17.2 Å². The van der Waals surface area contributed by atoms with Gasteiger partial charge in [0.15, 0.2) is 5.78 Å². The Morgan fingerprint density at radius 2 is 1.85 bits per heavy atom. The van der Waals surface area contributed by atoms with E-state index in [2.05, 4.69) is 15.3 Å². The Morgan fingerprint density at radius 1 is 1.15 bits per heavy atom. The fraction of sp³-hybridized carbons (Fsp3) is 0.208. The summed E-state index contributed by atoms with van der Waals surface area (Å²) in [5, 5.41) is 2.67. The number of carbonyl (C=O) groups excluding carboxylic acids is 3. The average molecular weight is 450 g/mol. The summed E-state index contributed by atoms with van der Waals surface area (Å²) in [5.41, 5.74) is 1.58. The van der Waals surface area contributed by atoms with Crippen molar-refractivity contribution in [2.24, 2.45) is 0 Å². The largest absolute Gasteiger partial charge is 0.325 e. The number of nitrogens with zero attached hydrogens (tertiary/aromatic N) is 3. The molecule has 0 saturated heterocycles. The van der Waals surface area contributed by atoms with Crippen LogP contribution in [-0.4, -0.2) is 34.1 Å². The molecule has 1 aliphatic heterocycles. The number of amides is 2. The van der Waals surface area contributed by atoms with E-state index in [-0.39, 0.29) is 28.3 Å². The van der Waals surface area contributed by atoms with Crippen molar-refractivity contribution in [1.29, 1.82) is 0 Å². The summed E-state index contributed by atoms with van der Waals surface area (Å²) >= 11 is 0. The van der Waals surface area contributed by atoms with Crippen molar-refractivity contribution < 1.29 is 23.2 Å². The van der Waals surface area contributed by atoms with E-state index in [0.29, 0.717) is 16.9 Å². The Bertz CT molecular complexity index is 1290. The highest BCUT2D eigenvalue weighted by atomic mass is 19.1. The van der Waals surface area contributed by atoms with Crippen molar-refractivity contribution in [3.8, 4) is 11.1 Å². The molecule has 2 aromatic heterocycles. The third-order valence-electron chi connectivity index (χ3n) is 5.45. The van der Waals surface area contributed by atoms with Crippen molar-refractivity contribution in [3.05, 3.63) is 71.3 Å². The molecule has 0 radical (unpaired) electrons. The molecule has 168 valence electrons. The van der Waals surface area contributed by atoms with Crippen LogP contribution in [0.3, 0.4) is 0 Å². The van der Waals surface area contributed by atoms with Gasteiger partial charge >= 0.3 is 0 Å². The van der Waals surface area contributed by atoms with Gasteiger partial charge in [-0.1, -0.05) is 0 Å². The highest BCUT2D eigenvalue weighted by Crippen LogP contribution is 2.41. The maximum absolute atomic E-state index is 15.0. The number of nitrogens with one attached hydrogen (secondary N) is 1. The molecular weight excluding hydrogens is 430 g/mol. The summed E-state index contributed by atoms with van der Waals surface area (Å²) in [6.45, 7) is 4.15. The van der Waals surface area contributed by atoms with Gasteiger partial charge in [0.05, 0.1) is 29.1 Å². The zero-order chi connectivity index (χ0) is 23.9. The highest BCUT2D eigenvalue weighted by molar-refractivity contribution is 6.09. The van der Waals surface area contributed by atoms with Crippen LogP contribution in [-0.2, 0) is 9.59 Å². The topological polar surface area (TPSA) is 92.3 Å². The number of aryl methyl sites for hydroxylation is 1. The van der Waals surface area contributed by atoms with E-state index in [4.69, 9.17) is 0 Å².